The topological polar surface area (TPSA) is 98.2 Å². The molecule has 3 aliphatic rings. The summed E-state index contributed by atoms with van der Waals surface area (Å²) >= 11 is 0. The molecule has 2 fully saturated rings. The second kappa shape index (κ2) is 12.5. The molecule has 3 heterocycles. The van der Waals surface area contributed by atoms with E-state index < -0.39 is 0 Å². The summed E-state index contributed by atoms with van der Waals surface area (Å²) in [5.74, 6) is 2.23. The standard InChI is InChI=1S/C32H39N5O5/c1-3-13-36-20-31(38)34-26-11-14-35(19-30-33-12-15-37(30)24-8-9-24)18-29(26)41-21-22-5-4-6-25(16-22)42-28-17-23(32(36)39)7-10-27(28)40-2/h4-7,10,12,15-17,24,26,29H,3,8-9,11,13-14,18-21H2,1-2H3,(H,34,38)/t26-,29-/m0/s1. The molecule has 1 N–H and O–H groups in total. The number of likely N-dealkylation sites (tertiary alicyclic amines) is 1. The van der Waals surface area contributed by atoms with E-state index in [1.54, 1.807) is 30.2 Å². The first kappa shape index (κ1) is 28.2. The Kier molecular flexibility index (Phi) is 8.43. The average Bonchev–Trinajstić information content (AvgIpc) is 3.74. The minimum Gasteiger partial charge on any atom is -0.493 e. The van der Waals surface area contributed by atoms with E-state index in [-0.39, 0.29) is 30.5 Å². The molecule has 2 atom stereocenters. The van der Waals surface area contributed by atoms with E-state index in [0.717, 1.165) is 37.3 Å². The van der Waals surface area contributed by atoms with Crippen molar-refractivity contribution < 1.29 is 23.8 Å². The number of carbonyl (C=O) groups excluding carboxylic acids is 2. The predicted molar refractivity (Wildman–Crippen MR) is 157 cm³/mol. The number of aromatic nitrogens is 2. The lowest BCUT2D eigenvalue weighted by Crippen LogP contribution is -2.56. The largest absolute Gasteiger partial charge is 0.493 e. The zero-order valence-corrected chi connectivity index (χ0v) is 24.3. The molecule has 10 nitrogen and oxygen atoms in total. The lowest BCUT2D eigenvalue weighted by molar-refractivity contribution is -0.125. The van der Waals surface area contributed by atoms with E-state index in [4.69, 9.17) is 14.2 Å². The van der Waals surface area contributed by atoms with Gasteiger partial charge in [0.1, 0.15) is 11.6 Å². The third kappa shape index (κ3) is 6.44. The van der Waals surface area contributed by atoms with Gasteiger partial charge in [-0.05, 0) is 61.6 Å². The number of imidazole rings is 1. The fraction of sp³-hybridized carbons (Fsp3) is 0.469. The Hall–Kier alpha value is -3.89. The first-order valence-electron chi connectivity index (χ1n) is 14.9. The molecule has 42 heavy (non-hydrogen) atoms. The van der Waals surface area contributed by atoms with Gasteiger partial charge in [-0.3, -0.25) is 14.5 Å². The highest BCUT2D eigenvalue weighted by Gasteiger charge is 2.33. The quantitative estimate of drug-likeness (QED) is 0.473. The summed E-state index contributed by atoms with van der Waals surface area (Å²) in [6.07, 6.45) is 7.62. The number of carbonyl (C=O) groups is 2. The Balaban J connectivity index is 1.27. The molecule has 0 radical (unpaired) electrons. The van der Waals surface area contributed by atoms with Crippen LogP contribution in [0.1, 0.15) is 60.4 Å². The molecule has 2 aliphatic heterocycles. The Morgan fingerprint density at radius 1 is 1.12 bits per heavy atom. The lowest BCUT2D eigenvalue weighted by atomic mass is 10.0. The maximum absolute atomic E-state index is 13.6. The number of fused-ring (bicyclic) bond motifs is 5. The number of hydrogen-bond donors (Lipinski definition) is 1. The fourth-order valence-corrected chi connectivity index (χ4v) is 5.86. The zero-order chi connectivity index (χ0) is 29.1. The smallest absolute Gasteiger partial charge is 0.254 e. The van der Waals surface area contributed by atoms with E-state index >= 15 is 0 Å². The van der Waals surface area contributed by atoms with Gasteiger partial charge in [-0.25, -0.2) is 4.98 Å². The molecule has 0 unspecified atom stereocenters. The van der Waals surface area contributed by atoms with Crippen LogP contribution >= 0.6 is 0 Å². The summed E-state index contributed by atoms with van der Waals surface area (Å²) < 4.78 is 20.5. The van der Waals surface area contributed by atoms with Crippen LogP contribution in [0.2, 0.25) is 0 Å². The van der Waals surface area contributed by atoms with E-state index in [1.807, 2.05) is 37.4 Å². The van der Waals surface area contributed by atoms with Gasteiger partial charge in [-0.1, -0.05) is 19.1 Å². The number of rotatable bonds is 6. The molecule has 0 spiro atoms. The highest BCUT2D eigenvalue weighted by Crippen LogP contribution is 2.36. The van der Waals surface area contributed by atoms with Crippen LogP contribution in [0.4, 0.5) is 0 Å². The van der Waals surface area contributed by atoms with Gasteiger partial charge in [-0.15, -0.1) is 0 Å². The minimum absolute atomic E-state index is 0.0281. The average molecular weight is 574 g/mol. The molecule has 2 aromatic carbocycles. The molecular formula is C32H39N5O5. The first-order valence-corrected chi connectivity index (χ1v) is 14.9. The van der Waals surface area contributed by atoms with Crippen molar-refractivity contribution in [1.29, 1.82) is 0 Å². The van der Waals surface area contributed by atoms with Crippen molar-refractivity contribution in [2.75, 3.05) is 33.3 Å². The van der Waals surface area contributed by atoms with Gasteiger partial charge in [0, 0.05) is 43.6 Å². The summed E-state index contributed by atoms with van der Waals surface area (Å²) in [5.41, 5.74) is 1.39. The van der Waals surface area contributed by atoms with Crippen LogP contribution in [0.5, 0.6) is 17.2 Å². The highest BCUT2D eigenvalue weighted by molar-refractivity contribution is 5.97. The Morgan fingerprint density at radius 2 is 2.00 bits per heavy atom. The summed E-state index contributed by atoms with van der Waals surface area (Å²) in [7, 11) is 1.57. The minimum atomic E-state index is -0.229. The lowest BCUT2D eigenvalue weighted by Gasteiger charge is -2.39. The molecule has 10 heteroatoms. The molecule has 4 bridgehead atoms. The Morgan fingerprint density at radius 3 is 2.81 bits per heavy atom. The summed E-state index contributed by atoms with van der Waals surface area (Å²) in [6, 6.07) is 13.2. The number of amides is 2. The van der Waals surface area contributed by atoms with Crippen molar-refractivity contribution in [3.8, 4) is 17.2 Å². The predicted octanol–water partition coefficient (Wildman–Crippen LogP) is 4.16. The zero-order valence-electron chi connectivity index (χ0n) is 24.3. The number of hydrogen-bond acceptors (Lipinski definition) is 7. The molecule has 1 saturated carbocycles. The van der Waals surface area contributed by atoms with Crippen LogP contribution in [0.25, 0.3) is 0 Å². The van der Waals surface area contributed by atoms with Gasteiger partial charge in [0.25, 0.3) is 5.91 Å². The van der Waals surface area contributed by atoms with Crippen molar-refractivity contribution in [2.24, 2.45) is 0 Å². The molecule has 1 aliphatic carbocycles. The van der Waals surface area contributed by atoms with E-state index in [1.165, 1.54) is 12.8 Å². The van der Waals surface area contributed by atoms with E-state index in [2.05, 4.69) is 26.0 Å². The molecule has 6 rings (SSSR count). The van der Waals surface area contributed by atoms with Gasteiger partial charge in [-0.2, -0.15) is 0 Å². The van der Waals surface area contributed by atoms with Crippen molar-refractivity contribution in [3.63, 3.8) is 0 Å². The van der Waals surface area contributed by atoms with Gasteiger partial charge in [0.15, 0.2) is 11.5 Å². The Bertz CT molecular complexity index is 1420. The molecule has 3 aromatic rings. The highest BCUT2D eigenvalue weighted by atomic mass is 16.5. The second-order valence-corrected chi connectivity index (χ2v) is 11.4. The SMILES string of the molecule is CCCN1CC(=O)N[C@H]2CCN(Cc3nccn3C3CC3)C[C@@H]2OCc2cccc(c2)Oc2cc(ccc2OC)C1=O. The maximum Gasteiger partial charge on any atom is 0.254 e. The summed E-state index contributed by atoms with van der Waals surface area (Å²) in [6.45, 7) is 5.02. The number of benzene rings is 2. The van der Waals surface area contributed by atoms with Gasteiger partial charge < -0.3 is 29.0 Å². The van der Waals surface area contributed by atoms with Gasteiger partial charge in [0.2, 0.25) is 5.91 Å². The third-order valence-corrected chi connectivity index (χ3v) is 8.16. The second-order valence-electron chi connectivity index (χ2n) is 11.4. The van der Waals surface area contributed by atoms with Gasteiger partial charge in [0.05, 0.1) is 39.0 Å². The maximum atomic E-state index is 13.6. The fourth-order valence-electron chi connectivity index (χ4n) is 5.86. The van der Waals surface area contributed by atoms with Crippen molar-refractivity contribution in [2.45, 2.75) is 63.9 Å². The number of ether oxygens (including phenoxy) is 3. The van der Waals surface area contributed by atoms with Crippen molar-refractivity contribution in [3.05, 3.63) is 71.8 Å². The molecule has 1 saturated heterocycles. The van der Waals surface area contributed by atoms with Crippen LogP contribution in [-0.4, -0.2) is 76.6 Å². The van der Waals surface area contributed by atoms with Crippen molar-refractivity contribution >= 4 is 11.8 Å². The first-order chi connectivity index (χ1) is 20.5. The number of piperidine rings is 1. The van der Waals surface area contributed by atoms with Crippen LogP contribution in [0.3, 0.4) is 0 Å². The van der Waals surface area contributed by atoms with Crippen LogP contribution in [0.15, 0.2) is 54.9 Å². The third-order valence-electron chi connectivity index (χ3n) is 8.16. The number of methoxy groups -OCH3 is 1. The molecule has 1 aromatic heterocycles. The Labute approximate surface area is 246 Å². The molecule has 222 valence electrons. The molecule has 2 amide bonds. The van der Waals surface area contributed by atoms with Gasteiger partial charge >= 0.3 is 0 Å². The normalized spacial score (nSPS) is 21.8. The van der Waals surface area contributed by atoms with Crippen LogP contribution < -0.4 is 14.8 Å². The number of nitrogens with zero attached hydrogens (tertiary/aromatic N) is 4. The number of nitrogens with one attached hydrogen (secondary N) is 1. The van der Waals surface area contributed by atoms with E-state index in [9.17, 15) is 9.59 Å². The van der Waals surface area contributed by atoms with E-state index in [0.29, 0.717) is 48.6 Å². The van der Waals surface area contributed by atoms with Crippen molar-refractivity contribution in [1.82, 2.24) is 24.7 Å². The van der Waals surface area contributed by atoms with Crippen LogP contribution in [-0.2, 0) is 22.7 Å². The molecular weight excluding hydrogens is 534 g/mol. The van der Waals surface area contributed by atoms with Crippen LogP contribution in [0, 0.1) is 0 Å². The summed E-state index contributed by atoms with van der Waals surface area (Å²) in [5, 5.41) is 3.21. The summed E-state index contributed by atoms with van der Waals surface area (Å²) in [4.78, 5) is 35.5. The monoisotopic (exact) mass is 573 g/mol.